The van der Waals surface area contributed by atoms with Crippen LogP contribution in [0, 0.1) is 45.8 Å². The summed E-state index contributed by atoms with van der Waals surface area (Å²) in [4.78, 5) is 25.7. The molecular formula is C35H54O7. The van der Waals surface area contributed by atoms with E-state index in [9.17, 15) is 19.8 Å². The minimum atomic E-state index is -0.874. The van der Waals surface area contributed by atoms with E-state index in [2.05, 4.69) is 47.6 Å². The molecule has 1 saturated carbocycles. The number of rotatable bonds is 8. The van der Waals surface area contributed by atoms with Crippen LogP contribution >= 0.6 is 0 Å². The van der Waals surface area contributed by atoms with E-state index >= 15 is 0 Å². The van der Waals surface area contributed by atoms with Gasteiger partial charge in [0.2, 0.25) is 0 Å². The molecule has 0 aromatic heterocycles. The largest absolute Gasteiger partial charge is 0.461 e. The number of aliphatic hydroxyl groups is 2. The van der Waals surface area contributed by atoms with Crippen molar-refractivity contribution in [2.24, 2.45) is 45.8 Å². The lowest BCUT2D eigenvalue weighted by Crippen LogP contribution is -2.57. The van der Waals surface area contributed by atoms with E-state index in [0.717, 1.165) is 32.1 Å². The number of ether oxygens (including phenoxy) is 3. The minimum absolute atomic E-state index is 0.106. The smallest absolute Gasteiger partial charge is 0.311 e. The fourth-order valence-electron chi connectivity index (χ4n) is 10.3. The Balaban J connectivity index is 1.50. The van der Waals surface area contributed by atoms with Crippen molar-refractivity contribution in [3.8, 4) is 0 Å². The van der Waals surface area contributed by atoms with Gasteiger partial charge in [0, 0.05) is 18.8 Å². The zero-order valence-electron chi connectivity index (χ0n) is 27.3. The second-order valence-electron chi connectivity index (χ2n) is 15.9. The molecule has 0 spiro atoms. The number of hydrogen-bond acceptors (Lipinski definition) is 7. The third kappa shape index (κ3) is 4.72. The van der Waals surface area contributed by atoms with Gasteiger partial charge in [-0.05, 0) is 98.0 Å². The molecule has 5 rings (SSSR count). The molecule has 2 N–H and O–H groups in total. The number of fused-ring (bicyclic) bond motifs is 4. The number of esters is 2. The van der Waals surface area contributed by atoms with E-state index in [1.165, 1.54) is 23.6 Å². The predicted molar refractivity (Wildman–Crippen MR) is 160 cm³/mol. The Morgan fingerprint density at radius 3 is 2.45 bits per heavy atom. The third-order valence-electron chi connectivity index (χ3n) is 13.3. The van der Waals surface area contributed by atoms with Crippen LogP contribution in [0.1, 0.15) is 107 Å². The van der Waals surface area contributed by atoms with Gasteiger partial charge in [0.25, 0.3) is 0 Å². The number of carbonyl (C=O) groups is 2. The molecule has 0 aromatic carbocycles. The highest BCUT2D eigenvalue weighted by molar-refractivity contribution is 5.73. The van der Waals surface area contributed by atoms with Crippen LogP contribution in [-0.2, 0) is 23.8 Å². The Morgan fingerprint density at radius 2 is 1.88 bits per heavy atom. The predicted octanol–water partition coefficient (Wildman–Crippen LogP) is 6.12. The molecule has 42 heavy (non-hydrogen) atoms. The van der Waals surface area contributed by atoms with Gasteiger partial charge in [0.1, 0.15) is 11.7 Å². The zero-order chi connectivity index (χ0) is 31.0. The van der Waals surface area contributed by atoms with Crippen molar-refractivity contribution in [3.63, 3.8) is 0 Å². The van der Waals surface area contributed by atoms with Crippen LogP contribution in [0.4, 0.5) is 0 Å². The molecule has 0 amide bonds. The summed E-state index contributed by atoms with van der Waals surface area (Å²) >= 11 is 0. The second-order valence-corrected chi connectivity index (χ2v) is 15.9. The van der Waals surface area contributed by atoms with E-state index < -0.39 is 18.0 Å². The minimum Gasteiger partial charge on any atom is -0.461 e. The van der Waals surface area contributed by atoms with E-state index in [-0.39, 0.29) is 46.1 Å². The van der Waals surface area contributed by atoms with Crippen LogP contribution < -0.4 is 0 Å². The molecule has 236 valence electrons. The first-order valence-electron chi connectivity index (χ1n) is 16.2. The summed E-state index contributed by atoms with van der Waals surface area (Å²) in [6.45, 7) is 18.9. The van der Waals surface area contributed by atoms with Crippen LogP contribution in [0.25, 0.3) is 0 Å². The van der Waals surface area contributed by atoms with Crippen molar-refractivity contribution in [1.29, 1.82) is 0 Å². The molecule has 2 fully saturated rings. The summed E-state index contributed by atoms with van der Waals surface area (Å²) in [5, 5.41) is 20.1. The molecule has 0 bridgehead atoms. The van der Waals surface area contributed by atoms with Gasteiger partial charge >= 0.3 is 11.9 Å². The number of aliphatic hydroxyl groups excluding tert-OH is 1. The number of epoxide rings is 1. The van der Waals surface area contributed by atoms with Crippen molar-refractivity contribution in [3.05, 3.63) is 22.8 Å². The van der Waals surface area contributed by atoms with Crippen LogP contribution in [0.2, 0.25) is 0 Å². The van der Waals surface area contributed by atoms with Gasteiger partial charge in [-0.15, -0.1) is 0 Å². The maximum absolute atomic E-state index is 13.1. The van der Waals surface area contributed by atoms with Crippen LogP contribution in [0.3, 0.4) is 0 Å². The average molecular weight is 587 g/mol. The summed E-state index contributed by atoms with van der Waals surface area (Å²) in [7, 11) is 0. The van der Waals surface area contributed by atoms with Gasteiger partial charge in [-0.25, -0.2) is 0 Å². The van der Waals surface area contributed by atoms with Gasteiger partial charge in [-0.3, -0.25) is 9.59 Å². The van der Waals surface area contributed by atoms with E-state index in [1.54, 1.807) is 0 Å². The second kappa shape index (κ2) is 10.4. The zero-order valence-corrected chi connectivity index (χ0v) is 27.3. The Hall–Kier alpha value is -1.70. The summed E-state index contributed by atoms with van der Waals surface area (Å²) in [5.74, 6) is 0.283. The van der Waals surface area contributed by atoms with Gasteiger partial charge < -0.3 is 24.4 Å². The van der Waals surface area contributed by atoms with Crippen molar-refractivity contribution < 1.29 is 34.0 Å². The Labute approximate surface area is 252 Å². The Bertz CT molecular complexity index is 1170. The van der Waals surface area contributed by atoms with Crippen LogP contribution in [-0.4, -0.2) is 52.9 Å². The lowest BCUT2D eigenvalue weighted by Gasteiger charge is -2.62. The van der Waals surface area contributed by atoms with E-state index in [0.29, 0.717) is 37.2 Å². The molecule has 4 aliphatic carbocycles. The fourth-order valence-corrected chi connectivity index (χ4v) is 10.3. The van der Waals surface area contributed by atoms with Crippen LogP contribution in [0.15, 0.2) is 22.8 Å². The monoisotopic (exact) mass is 586 g/mol. The molecule has 7 heteroatoms. The van der Waals surface area contributed by atoms with Crippen LogP contribution in [0.5, 0.6) is 0 Å². The molecule has 9 unspecified atom stereocenters. The summed E-state index contributed by atoms with van der Waals surface area (Å²) in [6.07, 6.45) is 8.24. The number of carbonyl (C=O) groups excluding carboxylic acids is 2. The SMILES string of the molecule is CC(=O)OC1CC2=C(CCC3C2(C)CC(C(=O)OCO)C(C)C3(C)C)C2=CCC(C(C)CCC3(C(C)(C)O)CO3)C21C. The topological polar surface area (TPSA) is 106 Å². The fraction of sp³-hybridized carbons (Fsp3) is 0.829. The molecule has 5 aliphatic rings. The maximum atomic E-state index is 13.1. The lowest BCUT2D eigenvalue weighted by molar-refractivity contribution is -0.170. The highest BCUT2D eigenvalue weighted by atomic mass is 16.6. The maximum Gasteiger partial charge on any atom is 0.311 e. The molecular weight excluding hydrogens is 532 g/mol. The van der Waals surface area contributed by atoms with Crippen molar-refractivity contribution in [2.75, 3.05) is 13.4 Å². The van der Waals surface area contributed by atoms with Gasteiger partial charge in [0.05, 0.1) is 18.1 Å². The molecule has 1 aliphatic heterocycles. The number of allylic oxidation sites excluding steroid dienone is 2. The summed E-state index contributed by atoms with van der Waals surface area (Å²) in [6, 6.07) is 0. The molecule has 0 aromatic rings. The first kappa shape index (κ1) is 31.7. The molecule has 7 nitrogen and oxygen atoms in total. The molecule has 9 atom stereocenters. The molecule has 1 saturated heterocycles. The van der Waals surface area contributed by atoms with Crippen molar-refractivity contribution in [1.82, 2.24) is 0 Å². The molecule has 0 radical (unpaired) electrons. The molecule has 1 heterocycles. The highest BCUT2D eigenvalue weighted by Gasteiger charge is 2.63. The van der Waals surface area contributed by atoms with Gasteiger partial charge in [0.15, 0.2) is 6.79 Å². The Kier molecular flexibility index (Phi) is 7.89. The van der Waals surface area contributed by atoms with Gasteiger partial charge in [-0.1, -0.05) is 53.2 Å². The summed E-state index contributed by atoms with van der Waals surface area (Å²) in [5.41, 5.74) is 2.15. The van der Waals surface area contributed by atoms with Crippen molar-refractivity contribution >= 4 is 11.9 Å². The quantitative estimate of drug-likeness (QED) is 0.201. The Morgan fingerprint density at radius 1 is 1.21 bits per heavy atom. The van der Waals surface area contributed by atoms with Gasteiger partial charge in [-0.2, -0.15) is 0 Å². The average Bonchev–Trinajstić information content (AvgIpc) is 3.61. The first-order chi connectivity index (χ1) is 19.4. The number of hydrogen-bond donors (Lipinski definition) is 2. The van der Waals surface area contributed by atoms with E-state index in [1.807, 2.05) is 13.8 Å². The summed E-state index contributed by atoms with van der Waals surface area (Å²) < 4.78 is 17.2. The van der Waals surface area contributed by atoms with E-state index in [4.69, 9.17) is 14.2 Å². The third-order valence-corrected chi connectivity index (χ3v) is 13.3. The normalized spacial score (nSPS) is 41.2. The highest BCUT2D eigenvalue weighted by Crippen LogP contribution is 2.69. The lowest BCUT2D eigenvalue weighted by atomic mass is 9.43. The first-order valence-corrected chi connectivity index (χ1v) is 16.2. The standard InChI is InChI=1S/C35H54O7/c1-20(14-15-35(18-41-35)32(6,7)39)25-11-12-26-23-10-13-28-31(4,5)21(2)24(30(38)40-19-36)17-33(28,8)27(23)16-29(34(25,26)9)42-22(3)37/h12,20-21,24-25,28-29,36,39H,10-11,13-19H2,1-9H3. The van der Waals surface area contributed by atoms with Crippen molar-refractivity contribution in [2.45, 2.75) is 125 Å².